The third-order valence-corrected chi connectivity index (χ3v) is 5.92. The van der Waals surface area contributed by atoms with Gasteiger partial charge in [-0.15, -0.1) is 0 Å². The first-order valence-corrected chi connectivity index (χ1v) is 12.0. The molecule has 206 valence electrons. The lowest BCUT2D eigenvalue weighted by molar-refractivity contribution is -0.142. The van der Waals surface area contributed by atoms with Gasteiger partial charge in [0, 0.05) is 29.9 Å². The molecule has 4 amide bonds. The third-order valence-electron chi connectivity index (χ3n) is 5.92. The second kappa shape index (κ2) is 13.1. The Balaban J connectivity index is 1.72. The number of carbonyl (C=O) groups is 5. The van der Waals surface area contributed by atoms with Crippen LogP contribution in [0.5, 0.6) is 5.75 Å². The SMILES string of the molecule is NC(=O)CC(N)C(=O)NCC(=O)NC(Cc1ccc(O)cc1)C(=O)NC(Cc1c[nH]c2ccccc12)C(=O)O. The van der Waals surface area contributed by atoms with E-state index in [2.05, 4.69) is 20.9 Å². The number of carboxylic acid groups (broad SMARTS) is 1. The van der Waals surface area contributed by atoms with E-state index >= 15 is 0 Å². The highest BCUT2D eigenvalue weighted by molar-refractivity contribution is 5.94. The Morgan fingerprint density at radius 2 is 1.59 bits per heavy atom. The Kier molecular flexibility index (Phi) is 9.59. The quantitative estimate of drug-likeness (QED) is 0.135. The molecule has 13 nitrogen and oxygen atoms in total. The second-order valence-electron chi connectivity index (χ2n) is 8.95. The number of aromatic hydroxyl groups is 1. The number of H-pyrrole nitrogens is 1. The van der Waals surface area contributed by atoms with Gasteiger partial charge in [-0.1, -0.05) is 30.3 Å². The summed E-state index contributed by atoms with van der Waals surface area (Å²) in [7, 11) is 0. The van der Waals surface area contributed by atoms with Gasteiger partial charge >= 0.3 is 5.97 Å². The van der Waals surface area contributed by atoms with E-state index < -0.39 is 60.7 Å². The van der Waals surface area contributed by atoms with E-state index in [9.17, 15) is 34.2 Å². The summed E-state index contributed by atoms with van der Waals surface area (Å²) in [5.74, 6) is -4.35. The average molecular weight is 539 g/mol. The van der Waals surface area contributed by atoms with Crippen molar-refractivity contribution in [3.05, 3.63) is 65.9 Å². The molecular weight excluding hydrogens is 508 g/mol. The number of benzene rings is 2. The van der Waals surface area contributed by atoms with Crippen molar-refractivity contribution < 1.29 is 34.2 Å². The molecule has 1 aromatic heterocycles. The van der Waals surface area contributed by atoms with Crippen molar-refractivity contribution in [2.24, 2.45) is 11.5 Å². The van der Waals surface area contributed by atoms with Gasteiger partial charge in [0.2, 0.25) is 23.6 Å². The van der Waals surface area contributed by atoms with Gasteiger partial charge in [-0.25, -0.2) is 4.79 Å². The van der Waals surface area contributed by atoms with Crippen molar-refractivity contribution in [1.29, 1.82) is 0 Å². The zero-order valence-corrected chi connectivity index (χ0v) is 20.8. The normalized spacial score (nSPS) is 13.2. The topological polar surface area (TPSA) is 230 Å². The summed E-state index contributed by atoms with van der Waals surface area (Å²) in [6, 6.07) is 9.47. The fourth-order valence-corrected chi connectivity index (χ4v) is 3.92. The number of phenolic OH excluding ortho intramolecular Hbond substituents is 1. The minimum absolute atomic E-state index is 0.00321. The molecule has 0 saturated carbocycles. The number of fused-ring (bicyclic) bond motifs is 1. The standard InChI is InChI=1S/C26H30N6O7/c27-18(11-22(28)34)24(36)30-13-23(35)31-20(9-14-5-7-16(33)8-6-14)25(37)32-21(26(38)39)10-15-12-29-19-4-2-1-3-17(15)19/h1-8,12,18,20-21,29,33H,9-11,13,27H2,(H2,28,34)(H,30,36)(H,31,35)(H,32,37)(H,38,39). The second-order valence-corrected chi connectivity index (χ2v) is 8.95. The van der Waals surface area contributed by atoms with Gasteiger partial charge < -0.3 is 42.6 Å². The Morgan fingerprint density at radius 3 is 2.26 bits per heavy atom. The number of phenols is 1. The Bertz CT molecular complexity index is 1350. The number of carbonyl (C=O) groups excluding carboxylic acids is 4. The maximum Gasteiger partial charge on any atom is 0.326 e. The zero-order valence-electron chi connectivity index (χ0n) is 20.8. The van der Waals surface area contributed by atoms with Crippen LogP contribution in [0.3, 0.4) is 0 Å². The minimum Gasteiger partial charge on any atom is -0.508 e. The molecule has 0 spiro atoms. The Labute approximate surface area is 222 Å². The van der Waals surface area contributed by atoms with Crippen molar-refractivity contribution in [3.63, 3.8) is 0 Å². The molecule has 2 aromatic carbocycles. The van der Waals surface area contributed by atoms with Gasteiger partial charge in [-0.3, -0.25) is 19.2 Å². The molecule has 3 rings (SSSR count). The average Bonchev–Trinajstić information content (AvgIpc) is 3.30. The molecule has 3 atom stereocenters. The molecule has 0 aliphatic rings. The maximum atomic E-state index is 13.2. The number of aliphatic carboxylic acids is 1. The van der Waals surface area contributed by atoms with Crippen molar-refractivity contribution in [1.82, 2.24) is 20.9 Å². The summed E-state index contributed by atoms with van der Waals surface area (Å²) >= 11 is 0. The summed E-state index contributed by atoms with van der Waals surface area (Å²) in [6.45, 7) is -0.553. The highest BCUT2D eigenvalue weighted by Crippen LogP contribution is 2.19. The van der Waals surface area contributed by atoms with E-state index in [1.807, 2.05) is 24.3 Å². The first-order valence-electron chi connectivity index (χ1n) is 12.0. The summed E-state index contributed by atoms with van der Waals surface area (Å²) in [5, 5.41) is 27.4. The molecule has 13 heteroatoms. The monoisotopic (exact) mass is 538 g/mol. The number of carboxylic acids is 1. The summed E-state index contributed by atoms with van der Waals surface area (Å²) in [6.07, 6.45) is 1.21. The summed E-state index contributed by atoms with van der Waals surface area (Å²) < 4.78 is 0. The largest absolute Gasteiger partial charge is 0.508 e. The van der Waals surface area contributed by atoms with Crippen LogP contribution in [0.4, 0.5) is 0 Å². The number of nitrogens with two attached hydrogens (primary N) is 2. The number of aromatic nitrogens is 1. The van der Waals surface area contributed by atoms with Crippen LogP contribution in [0, 0.1) is 0 Å². The molecule has 0 aliphatic heterocycles. The predicted octanol–water partition coefficient (Wildman–Crippen LogP) is -0.968. The molecule has 39 heavy (non-hydrogen) atoms. The van der Waals surface area contributed by atoms with Crippen molar-refractivity contribution in [3.8, 4) is 5.75 Å². The smallest absolute Gasteiger partial charge is 0.326 e. The highest BCUT2D eigenvalue weighted by atomic mass is 16.4. The molecule has 0 radical (unpaired) electrons. The van der Waals surface area contributed by atoms with Crippen LogP contribution < -0.4 is 27.4 Å². The van der Waals surface area contributed by atoms with Crippen molar-refractivity contribution in [2.45, 2.75) is 37.4 Å². The molecular formula is C26H30N6O7. The molecule has 10 N–H and O–H groups in total. The minimum atomic E-state index is -1.30. The number of primary amides is 1. The lowest BCUT2D eigenvalue weighted by atomic mass is 10.0. The number of amides is 4. The zero-order chi connectivity index (χ0) is 28.5. The van der Waals surface area contributed by atoms with E-state index in [0.29, 0.717) is 11.1 Å². The van der Waals surface area contributed by atoms with E-state index in [0.717, 1.165) is 10.9 Å². The van der Waals surface area contributed by atoms with Crippen LogP contribution in [0.2, 0.25) is 0 Å². The van der Waals surface area contributed by atoms with E-state index in [1.165, 1.54) is 12.1 Å². The van der Waals surface area contributed by atoms with Gasteiger partial charge in [0.1, 0.15) is 17.8 Å². The summed E-state index contributed by atoms with van der Waals surface area (Å²) in [4.78, 5) is 63.8. The molecule has 0 saturated heterocycles. The van der Waals surface area contributed by atoms with E-state index in [4.69, 9.17) is 11.5 Å². The van der Waals surface area contributed by atoms with Crippen molar-refractivity contribution in [2.75, 3.05) is 6.54 Å². The van der Waals surface area contributed by atoms with Gasteiger partial charge in [-0.2, -0.15) is 0 Å². The highest BCUT2D eigenvalue weighted by Gasteiger charge is 2.28. The first-order chi connectivity index (χ1) is 18.5. The van der Waals surface area contributed by atoms with Gasteiger partial charge in [0.15, 0.2) is 0 Å². The van der Waals surface area contributed by atoms with E-state index in [1.54, 1.807) is 18.3 Å². The number of para-hydroxylation sites is 1. The third kappa shape index (κ3) is 8.30. The number of aromatic amines is 1. The van der Waals surface area contributed by atoms with Gasteiger partial charge in [0.25, 0.3) is 0 Å². The van der Waals surface area contributed by atoms with Crippen LogP contribution >= 0.6 is 0 Å². The van der Waals surface area contributed by atoms with Crippen LogP contribution in [-0.2, 0) is 36.8 Å². The first kappa shape index (κ1) is 28.7. The lowest BCUT2D eigenvalue weighted by Crippen LogP contribution is -2.55. The van der Waals surface area contributed by atoms with Crippen LogP contribution in [0.25, 0.3) is 10.9 Å². The predicted molar refractivity (Wildman–Crippen MR) is 140 cm³/mol. The molecule has 0 aliphatic carbocycles. The number of nitrogens with one attached hydrogen (secondary N) is 4. The number of rotatable bonds is 13. The van der Waals surface area contributed by atoms with Crippen LogP contribution in [0.15, 0.2) is 54.7 Å². The maximum absolute atomic E-state index is 13.2. The molecule has 1 heterocycles. The summed E-state index contributed by atoms with van der Waals surface area (Å²) in [5.41, 5.74) is 12.7. The molecule has 3 aromatic rings. The lowest BCUT2D eigenvalue weighted by Gasteiger charge is -2.22. The fraction of sp³-hybridized carbons (Fsp3) is 0.269. The number of hydrogen-bond acceptors (Lipinski definition) is 7. The fourth-order valence-electron chi connectivity index (χ4n) is 3.92. The van der Waals surface area contributed by atoms with Crippen LogP contribution in [-0.4, -0.2) is 69.5 Å². The molecule has 3 unspecified atom stereocenters. The van der Waals surface area contributed by atoms with Crippen molar-refractivity contribution >= 4 is 40.5 Å². The number of hydrogen-bond donors (Lipinski definition) is 8. The Hall–Kier alpha value is -4.91. The van der Waals surface area contributed by atoms with E-state index in [-0.39, 0.29) is 18.6 Å². The molecule has 0 bridgehead atoms. The Morgan fingerprint density at radius 1 is 0.897 bits per heavy atom. The van der Waals surface area contributed by atoms with Crippen LogP contribution in [0.1, 0.15) is 17.5 Å². The van der Waals surface area contributed by atoms with Gasteiger partial charge in [0.05, 0.1) is 19.0 Å². The molecule has 0 fully saturated rings. The van der Waals surface area contributed by atoms with Gasteiger partial charge in [-0.05, 0) is 29.3 Å².